The van der Waals surface area contributed by atoms with Crippen LogP contribution in [0.1, 0.15) is 47.9 Å². The number of hydrogen-bond donors (Lipinski definition) is 1. The first kappa shape index (κ1) is 20.8. The molecule has 2 heterocycles. The minimum Gasteiger partial charge on any atom is -0.489 e. The van der Waals surface area contributed by atoms with Crippen molar-refractivity contribution in [3.63, 3.8) is 0 Å². The zero-order chi connectivity index (χ0) is 20.8. The molecule has 1 saturated heterocycles. The van der Waals surface area contributed by atoms with E-state index in [9.17, 15) is 9.59 Å². The Labute approximate surface area is 169 Å². The summed E-state index contributed by atoms with van der Waals surface area (Å²) in [5, 5.41) is 6.60. The second-order valence-electron chi connectivity index (χ2n) is 7.00. The average molecular weight is 402 g/mol. The van der Waals surface area contributed by atoms with E-state index in [4.69, 9.17) is 14.0 Å². The number of piperidine rings is 1. The van der Waals surface area contributed by atoms with E-state index in [0.29, 0.717) is 49.0 Å². The number of carbonyl (C=O) groups is 2. The van der Waals surface area contributed by atoms with Crippen molar-refractivity contribution in [3.05, 3.63) is 41.5 Å². The summed E-state index contributed by atoms with van der Waals surface area (Å²) in [4.78, 5) is 30.6. The molecule has 156 valence electrons. The number of hydrogen-bond acceptors (Lipinski definition) is 7. The maximum Gasteiger partial charge on any atom is 0.255 e. The van der Waals surface area contributed by atoms with Crippen molar-refractivity contribution >= 4 is 11.8 Å². The average Bonchev–Trinajstić information content (AvgIpc) is 3.15. The van der Waals surface area contributed by atoms with Crippen molar-refractivity contribution in [1.29, 1.82) is 0 Å². The van der Waals surface area contributed by atoms with Gasteiger partial charge in [-0.3, -0.25) is 9.59 Å². The Kier molecular flexibility index (Phi) is 6.82. The molecule has 1 aromatic carbocycles. The van der Waals surface area contributed by atoms with Crippen molar-refractivity contribution in [2.24, 2.45) is 0 Å². The van der Waals surface area contributed by atoms with Crippen LogP contribution in [0.5, 0.6) is 5.75 Å². The fourth-order valence-corrected chi connectivity index (χ4v) is 3.20. The number of carbonyl (C=O) groups excluding carboxylic acids is 2. The molecule has 0 bridgehead atoms. The summed E-state index contributed by atoms with van der Waals surface area (Å²) in [6, 6.07) is 6.68. The molecule has 1 fully saturated rings. The first-order chi connectivity index (χ1) is 14.0. The van der Waals surface area contributed by atoms with Gasteiger partial charge in [-0.2, -0.15) is 4.98 Å². The quantitative estimate of drug-likeness (QED) is 0.753. The molecule has 2 aromatic rings. The topological polar surface area (TPSA) is 107 Å². The molecule has 1 N–H and O–H groups in total. The first-order valence-corrected chi connectivity index (χ1v) is 9.61. The van der Waals surface area contributed by atoms with Crippen LogP contribution in [0.15, 0.2) is 28.8 Å². The highest BCUT2D eigenvalue weighted by atomic mass is 16.5. The lowest BCUT2D eigenvalue weighted by atomic mass is 10.1. The molecule has 29 heavy (non-hydrogen) atoms. The number of nitrogens with zero attached hydrogens (tertiary/aromatic N) is 3. The van der Waals surface area contributed by atoms with Crippen LogP contribution in [0, 0.1) is 6.92 Å². The number of para-hydroxylation sites is 1. The number of aromatic nitrogens is 2. The molecule has 2 amide bonds. The number of aryl methyl sites for hydroxylation is 1. The van der Waals surface area contributed by atoms with E-state index in [1.54, 1.807) is 36.9 Å². The largest absolute Gasteiger partial charge is 0.489 e. The van der Waals surface area contributed by atoms with E-state index in [1.807, 2.05) is 6.07 Å². The fourth-order valence-electron chi connectivity index (χ4n) is 3.20. The lowest BCUT2D eigenvalue weighted by Gasteiger charge is -2.32. The highest BCUT2D eigenvalue weighted by molar-refractivity contribution is 5.97. The van der Waals surface area contributed by atoms with Gasteiger partial charge >= 0.3 is 0 Å². The van der Waals surface area contributed by atoms with Crippen LogP contribution in [0.3, 0.4) is 0 Å². The van der Waals surface area contributed by atoms with Crippen molar-refractivity contribution in [2.45, 2.75) is 38.8 Å². The van der Waals surface area contributed by atoms with Gasteiger partial charge in [-0.1, -0.05) is 17.3 Å². The van der Waals surface area contributed by atoms with Gasteiger partial charge in [-0.25, -0.2) is 0 Å². The Morgan fingerprint density at radius 1 is 1.31 bits per heavy atom. The van der Waals surface area contributed by atoms with Crippen LogP contribution in [-0.4, -0.2) is 59.8 Å². The molecule has 0 spiro atoms. The third kappa shape index (κ3) is 5.32. The number of ether oxygens (including phenoxy) is 2. The van der Waals surface area contributed by atoms with E-state index in [-0.39, 0.29) is 24.5 Å². The smallest absolute Gasteiger partial charge is 0.255 e. The number of likely N-dealkylation sites (tertiary alicyclic amines) is 1. The van der Waals surface area contributed by atoms with Crippen LogP contribution in [0.4, 0.5) is 0 Å². The first-order valence-electron chi connectivity index (χ1n) is 9.61. The summed E-state index contributed by atoms with van der Waals surface area (Å²) in [7, 11) is 1.51. The number of nitrogens with one attached hydrogen (secondary N) is 1. The van der Waals surface area contributed by atoms with Gasteiger partial charge in [0.1, 0.15) is 24.5 Å². The molecule has 1 unspecified atom stereocenters. The summed E-state index contributed by atoms with van der Waals surface area (Å²) in [5.74, 6) is 1.08. The van der Waals surface area contributed by atoms with Crippen LogP contribution in [-0.2, 0) is 9.53 Å². The summed E-state index contributed by atoms with van der Waals surface area (Å²) in [6.07, 6.45) is 1.33. The second kappa shape index (κ2) is 9.51. The van der Waals surface area contributed by atoms with E-state index in [0.717, 1.165) is 0 Å². The Hall–Kier alpha value is -2.94. The molecule has 1 aliphatic heterocycles. The van der Waals surface area contributed by atoms with Gasteiger partial charge < -0.3 is 24.2 Å². The summed E-state index contributed by atoms with van der Waals surface area (Å²) in [5.41, 5.74) is 0.438. The third-order valence-electron chi connectivity index (χ3n) is 4.75. The lowest BCUT2D eigenvalue weighted by molar-refractivity contribution is -0.136. The van der Waals surface area contributed by atoms with Crippen molar-refractivity contribution in [3.8, 4) is 5.75 Å². The number of rotatable bonds is 7. The number of benzene rings is 1. The van der Waals surface area contributed by atoms with Gasteiger partial charge in [0.05, 0.1) is 5.56 Å². The van der Waals surface area contributed by atoms with E-state index in [1.165, 1.54) is 7.11 Å². The minimum atomic E-state index is -0.424. The zero-order valence-corrected chi connectivity index (χ0v) is 16.9. The molecule has 0 aliphatic carbocycles. The highest BCUT2D eigenvalue weighted by Crippen LogP contribution is 2.24. The highest BCUT2D eigenvalue weighted by Gasteiger charge is 2.25. The molecule has 1 aliphatic rings. The predicted molar refractivity (Wildman–Crippen MR) is 103 cm³/mol. The van der Waals surface area contributed by atoms with Gasteiger partial charge in [0, 0.05) is 33.0 Å². The molecular weight excluding hydrogens is 376 g/mol. The molecule has 0 saturated carbocycles. The Morgan fingerprint density at radius 3 is 2.69 bits per heavy atom. The standard InChI is InChI=1S/C20H26N4O5/c1-13(20-22-14(2)23-29-20)21-19(26)16-6-4-5-7-17(16)28-15-8-10-24(11-9-15)18(25)12-27-3/h4-7,13,15H,8-12H2,1-3H3,(H,21,26). The van der Waals surface area contributed by atoms with E-state index in [2.05, 4.69) is 15.5 Å². The van der Waals surface area contributed by atoms with Gasteiger partial charge in [0.25, 0.3) is 5.91 Å². The van der Waals surface area contributed by atoms with E-state index < -0.39 is 6.04 Å². The number of methoxy groups -OCH3 is 1. The summed E-state index contributed by atoms with van der Waals surface area (Å²) < 4.78 is 16.1. The van der Waals surface area contributed by atoms with Gasteiger partial charge in [-0.05, 0) is 26.0 Å². The maximum absolute atomic E-state index is 12.8. The minimum absolute atomic E-state index is 0.0176. The molecular formula is C20H26N4O5. The number of amides is 2. The van der Waals surface area contributed by atoms with Crippen molar-refractivity contribution in [1.82, 2.24) is 20.4 Å². The Morgan fingerprint density at radius 2 is 2.03 bits per heavy atom. The lowest BCUT2D eigenvalue weighted by Crippen LogP contribution is -2.43. The summed E-state index contributed by atoms with van der Waals surface area (Å²) in [6.45, 7) is 4.80. The van der Waals surface area contributed by atoms with Crippen LogP contribution >= 0.6 is 0 Å². The maximum atomic E-state index is 12.8. The molecule has 9 heteroatoms. The van der Waals surface area contributed by atoms with Crippen molar-refractivity contribution < 1.29 is 23.6 Å². The third-order valence-corrected chi connectivity index (χ3v) is 4.75. The van der Waals surface area contributed by atoms with Gasteiger partial charge in [0.2, 0.25) is 11.8 Å². The van der Waals surface area contributed by atoms with Crippen LogP contribution in [0.2, 0.25) is 0 Å². The van der Waals surface area contributed by atoms with Gasteiger partial charge in [-0.15, -0.1) is 0 Å². The molecule has 0 radical (unpaired) electrons. The zero-order valence-electron chi connectivity index (χ0n) is 16.9. The van der Waals surface area contributed by atoms with Crippen LogP contribution in [0.25, 0.3) is 0 Å². The molecule has 1 aromatic heterocycles. The normalized spacial score (nSPS) is 15.8. The SMILES string of the molecule is COCC(=O)N1CCC(Oc2ccccc2C(=O)NC(C)c2nc(C)no2)CC1. The fraction of sp³-hybridized carbons (Fsp3) is 0.500. The monoisotopic (exact) mass is 402 g/mol. The predicted octanol–water partition coefficient (Wildman–Crippen LogP) is 1.89. The van der Waals surface area contributed by atoms with E-state index >= 15 is 0 Å². The summed E-state index contributed by atoms with van der Waals surface area (Å²) >= 11 is 0. The van der Waals surface area contributed by atoms with Crippen molar-refractivity contribution in [2.75, 3.05) is 26.8 Å². The van der Waals surface area contributed by atoms with Crippen LogP contribution < -0.4 is 10.1 Å². The van der Waals surface area contributed by atoms with Gasteiger partial charge in [0.15, 0.2) is 5.82 Å². The second-order valence-corrected chi connectivity index (χ2v) is 7.00. The molecule has 9 nitrogen and oxygen atoms in total. The molecule has 3 rings (SSSR count). The Bertz CT molecular complexity index is 845. The Balaban J connectivity index is 1.60. The molecule has 1 atom stereocenters.